The molecule has 0 unspecified atom stereocenters. The molecule has 2 N–H and O–H groups in total. The van der Waals surface area contributed by atoms with Crippen molar-refractivity contribution in [3.8, 4) is 5.75 Å². The molecule has 0 saturated heterocycles. The van der Waals surface area contributed by atoms with Crippen molar-refractivity contribution < 1.29 is 22.7 Å². The number of amides is 2. The largest absolute Gasteiger partial charge is 0.494 e. The van der Waals surface area contributed by atoms with E-state index < -0.39 is 28.0 Å². The number of rotatable bonds is 8. The lowest BCUT2D eigenvalue weighted by atomic mass is 10.1. The Kier molecular flexibility index (Phi) is 7.67. The third-order valence-electron chi connectivity index (χ3n) is 4.04. The molecule has 8 nitrogen and oxygen atoms in total. The number of anilines is 2. The highest BCUT2D eigenvalue weighted by atomic mass is 32.2. The highest BCUT2D eigenvalue weighted by Crippen LogP contribution is 2.24. The molecule has 2 rings (SSSR count). The Bertz CT molecular complexity index is 1050. The van der Waals surface area contributed by atoms with Crippen LogP contribution in [-0.2, 0) is 14.8 Å². The minimum Gasteiger partial charge on any atom is -0.494 e. The number of sulfonamides is 1. The number of hydrogen-bond donors (Lipinski definition) is 2. The summed E-state index contributed by atoms with van der Waals surface area (Å²) in [5.74, 6) is -0.422. The number of ether oxygens (including phenoxy) is 1. The molecule has 168 valence electrons. The molecule has 31 heavy (non-hydrogen) atoms. The first-order valence-corrected chi connectivity index (χ1v) is 11.7. The maximum Gasteiger partial charge on any atom is 0.253 e. The summed E-state index contributed by atoms with van der Waals surface area (Å²) in [6, 6.07) is 13.1. The van der Waals surface area contributed by atoms with Crippen molar-refractivity contribution >= 4 is 33.2 Å². The predicted molar refractivity (Wildman–Crippen MR) is 122 cm³/mol. The average Bonchev–Trinajstić information content (AvgIpc) is 2.65. The second-order valence-electron chi connectivity index (χ2n) is 8.00. The van der Waals surface area contributed by atoms with Crippen molar-refractivity contribution in [2.75, 3.05) is 29.0 Å². The Labute approximate surface area is 183 Å². The van der Waals surface area contributed by atoms with Gasteiger partial charge in [0.15, 0.2) is 0 Å². The number of carbonyl (C=O) groups is 2. The lowest BCUT2D eigenvalue weighted by Crippen LogP contribution is -2.41. The van der Waals surface area contributed by atoms with E-state index in [1.807, 2.05) is 27.7 Å². The highest BCUT2D eigenvalue weighted by Gasteiger charge is 2.23. The van der Waals surface area contributed by atoms with Crippen LogP contribution in [0.3, 0.4) is 0 Å². The van der Waals surface area contributed by atoms with Crippen molar-refractivity contribution in [3.05, 3.63) is 54.1 Å². The van der Waals surface area contributed by atoms with E-state index in [2.05, 4.69) is 10.6 Å². The Morgan fingerprint density at radius 1 is 1.06 bits per heavy atom. The summed E-state index contributed by atoms with van der Waals surface area (Å²) < 4.78 is 31.1. The lowest BCUT2D eigenvalue weighted by Gasteiger charge is -2.23. The molecule has 2 aromatic carbocycles. The molecule has 0 atom stereocenters. The summed E-state index contributed by atoms with van der Waals surface area (Å²) in [6.45, 7) is 7.35. The van der Waals surface area contributed by atoms with Gasteiger partial charge in [0.2, 0.25) is 15.9 Å². The van der Waals surface area contributed by atoms with Crippen molar-refractivity contribution in [2.45, 2.75) is 33.2 Å². The molecule has 0 aromatic heterocycles. The number of carbonyl (C=O) groups excluding carboxylic acids is 2. The van der Waals surface area contributed by atoms with Crippen LogP contribution in [0, 0.1) is 0 Å². The van der Waals surface area contributed by atoms with E-state index in [0.29, 0.717) is 23.7 Å². The first-order chi connectivity index (χ1) is 14.4. The number of hydrogen-bond acceptors (Lipinski definition) is 5. The van der Waals surface area contributed by atoms with Crippen LogP contribution in [0.2, 0.25) is 0 Å². The molecule has 0 saturated carbocycles. The number of nitrogens with one attached hydrogen (secondary N) is 2. The molecule has 0 radical (unpaired) electrons. The third-order valence-corrected chi connectivity index (χ3v) is 5.18. The minimum absolute atomic E-state index is 0.287. The summed E-state index contributed by atoms with van der Waals surface area (Å²) in [6.07, 6.45) is 1.03. The zero-order chi connectivity index (χ0) is 23.2. The SMILES string of the molecule is CCOc1cccc(N(CC(=O)Nc2ccccc2C(=O)NC(C)(C)C)S(C)(=O)=O)c1. The molecular formula is C22H29N3O5S. The van der Waals surface area contributed by atoms with Crippen LogP contribution >= 0.6 is 0 Å². The molecule has 0 aliphatic rings. The van der Waals surface area contributed by atoms with Gasteiger partial charge in [-0.3, -0.25) is 13.9 Å². The minimum atomic E-state index is -3.75. The van der Waals surface area contributed by atoms with Gasteiger partial charge in [-0.25, -0.2) is 8.42 Å². The lowest BCUT2D eigenvalue weighted by molar-refractivity contribution is -0.114. The van der Waals surface area contributed by atoms with Gasteiger partial charge in [-0.1, -0.05) is 18.2 Å². The van der Waals surface area contributed by atoms with Crippen LogP contribution in [0.1, 0.15) is 38.1 Å². The molecule has 2 aromatic rings. The van der Waals surface area contributed by atoms with Crippen LogP contribution in [0.25, 0.3) is 0 Å². The summed E-state index contributed by atoms with van der Waals surface area (Å²) in [5.41, 5.74) is 0.440. The monoisotopic (exact) mass is 447 g/mol. The van der Waals surface area contributed by atoms with Gasteiger partial charge in [0, 0.05) is 11.6 Å². The molecule has 0 aliphatic heterocycles. The van der Waals surface area contributed by atoms with Gasteiger partial charge >= 0.3 is 0 Å². The number of nitrogens with zero attached hydrogens (tertiary/aromatic N) is 1. The van der Waals surface area contributed by atoms with Gasteiger partial charge < -0.3 is 15.4 Å². The summed E-state index contributed by atoms with van der Waals surface area (Å²) in [4.78, 5) is 25.3. The van der Waals surface area contributed by atoms with Crippen LogP contribution in [0.5, 0.6) is 5.75 Å². The van der Waals surface area contributed by atoms with E-state index >= 15 is 0 Å². The molecule has 0 spiro atoms. The highest BCUT2D eigenvalue weighted by molar-refractivity contribution is 7.92. The summed E-state index contributed by atoms with van der Waals surface area (Å²) in [5, 5.41) is 5.50. The third kappa shape index (κ3) is 7.29. The van der Waals surface area contributed by atoms with Crippen LogP contribution in [0.15, 0.2) is 48.5 Å². The van der Waals surface area contributed by atoms with E-state index in [-0.39, 0.29) is 11.5 Å². The predicted octanol–water partition coefficient (Wildman–Crippen LogP) is 3.02. The summed E-state index contributed by atoms with van der Waals surface area (Å²) in [7, 11) is -3.75. The van der Waals surface area contributed by atoms with Crippen LogP contribution < -0.4 is 19.7 Å². The van der Waals surface area contributed by atoms with Crippen molar-refractivity contribution in [2.24, 2.45) is 0 Å². The van der Waals surface area contributed by atoms with Gasteiger partial charge in [-0.05, 0) is 52.0 Å². The molecule has 2 amide bonds. The van der Waals surface area contributed by atoms with Gasteiger partial charge in [0.25, 0.3) is 5.91 Å². The number of benzene rings is 2. The van der Waals surface area contributed by atoms with E-state index in [4.69, 9.17) is 4.74 Å². The smallest absolute Gasteiger partial charge is 0.253 e. The van der Waals surface area contributed by atoms with Crippen molar-refractivity contribution in [3.63, 3.8) is 0 Å². The zero-order valence-corrected chi connectivity index (χ0v) is 19.2. The fraction of sp³-hybridized carbons (Fsp3) is 0.364. The van der Waals surface area contributed by atoms with Crippen molar-refractivity contribution in [1.82, 2.24) is 5.32 Å². The first-order valence-electron chi connectivity index (χ1n) is 9.82. The molecule has 0 heterocycles. The van der Waals surface area contributed by atoms with Gasteiger partial charge in [-0.15, -0.1) is 0 Å². The fourth-order valence-corrected chi connectivity index (χ4v) is 3.66. The van der Waals surface area contributed by atoms with E-state index in [1.54, 1.807) is 48.5 Å². The standard InChI is InChI=1S/C22H29N3O5S/c1-6-30-17-11-9-10-16(14-17)25(31(5,28)29)15-20(26)23-19-13-8-7-12-18(19)21(27)24-22(2,3)4/h7-14H,6,15H2,1-5H3,(H,23,26)(H,24,27). The number of para-hydroxylation sites is 1. The van der Waals surface area contributed by atoms with Gasteiger partial charge in [0.05, 0.1) is 29.8 Å². The molecule has 0 aliphatic carbocycles. The van der Waals surface area contributed by atoms with Crippen molar-refractivity contribution in [1.29, 1.82) is 0 Å². The normalized spacial score (nSPS) is 11.5. The molecule has 0 fully saturated rings. The van der Waals surface area contributed by atoms with E-state index in [9.17, 15) is 18.0 Å². The quantitative estimate of drug-likeness (QED) is 0.647. The second kappa shape index (κ2) is 9.82. The second-order valence-corrected chi connectivity index (χ2v) is 9.90. The Hall–Kier alpha value is -3.07. The Balaban J connectivity index is 2.25. The van der Waals surface area contributed by atoms with E-state index in [1.165, 1.54) is 0 Å². The fourth-order valence-electron chi connectivity index (χ4n) is 2.81. The summed E-state index contributed by atoms with van der Waals surface area (Å²) >= 11 is 0. The molecular weight excluding hydrogens is 418 g/mol. The molecule has 9 heteroatoms. The van der Waals surface area contributed by atoms with Crippen LogP contribution in [-0.4, -0.2) is 45.2 Å². The van der Waals surface area contributed by atoms with E-state index in [0.717, 1.165) is 10.6 Å². The maximum atomic E-state index is 12.7. The maximum absolute atomic E-state index is 12.7. The zero-order valence-electron chi connectivity index (χ0n) is 18.4. The van der Waals surface area contributed by atoms with Crippen LogP contribution in [0.4, 0.5) is 11.4 Å². The Morgan fingerprint density at radius 3 is 2.35 bits per heavy atom. The van der Waals surface area contributed by atoms with Gasteiger partial charge in [0.1, 0.15) is 12.3 Å². The van der Waals surface area contributed by atoms with Gasteiger partial charge in [-0.2, -0.15) is 0 Å². The Morgan fingerprint density at radius 2 is 1.74 bits per heavy atom. The topological polar surface area (TPSA) is 105 Å². The molecule has 0 bridgehead atoms. The average molecular weight is 448 g/mol. The first kappa shape index (κ1) is 24.2.